The van der Waals surface area contributed by atoms with Gasteiger partial charge < -0.3 is 15.4 Å². The van der Waals surface area contributed by atoms with Crippen molar-refractivity contribution in [1.82, 2.24) is 14.9 Å². The Hall–Kier alpha value is -1.80. The number of piperidine rings is 2. The van der Waals surface area contributed by atoms with Crippen molar-refractivity contribution in [2.24, 2.45) is 17.6 Å². The Bertz CT molecular complexity index is 577. The lowest BCUT2D eigenvalue weighted by Crippen LogP contribution is -2.50. The summed E-state index contributed by atoms with van der Waals surface area (Å²) in [7, 11) is 1.74. The lowest BCUT2D eigenvalue weighted by atomic mass is 9.77. The molecule has 0 bridgehead atoms. The third-order valence-corrected chi connectivity index (χ3v) is 5.42. The molecular weight excluding hydrogens is 325 g/mol. The first kappa shape index (κ1) is 18.0. The van der Waals surface area contributed by atoms with Crippen LogP contribution in [-0.2, 0) is 9.53 Å². The van der Waals surface area contributed by atoms with Gasteiger partial charge >= 0.3 is 0 Å². The number of rotatable bonds is 5. The molecule has 7 nitrogen and oxygen atoms in total. The Morgan fingerprint density at radius 2 is 1.96 bits per heavy atom. The van der Waals surface area contributed by atoms with Gasteiger partial charge in [0.2, 0.25) is 11.9 Å². The number of carbonyl (C=O) groups is 1. The molecule has 3 heterocycles. The van der Waals surface area contributed by atoms with Crippen molar-refractivity contribution in [1.29, 1.82) is 0 Å². The molecule has 2 atom stereocenters. The van der Waals surface area contributed by atoms with E-state index in [2.05, 4.69) is 19.8 Å². The smallest absolute Gasteiger partial charge is 0.231 e. The number of carbonyl (C=O) groups excluding carboxylic acids is 1. The summed E-state index contributed by atoms with van der Waals surface area (Å²) in [6.45, 7) is 3.73. The average molecular weight is 351 g/mol. The van der Waals surface area contributed by atoms with Gasteiger partial charge in [0, 0.05) is 20.2 Å². The first-order valence-electron chi connectivity index (χ1n) is 8.82. The van der Waals surface area contributed by atoms with Crippen molar-refractivity contribution in [3.05, 3.63) is 18.2 Å². The van der Waals surface area contributed by atoms with Crippen molar-refractivity contribution in [2.45, 2.75) is 25.4 Å². The second kappa shape index (κ2) is 8.05. The first-order valence-corrected chi connectivity index (χ1v) is 8.82. The van der Waals surface area contributed by atoms with Crippen LogP contribution < -0.4 is 10.6 Å². The molecule has 0 spiro atoms. The van der Waals surface area contributed by atoms with Crippen LogP contribution in [0.2, 0.25) is 0 Å². The molecule has 25 heavy (non-hydrogen) atoms. The van der Waals surface area contributed by atoms with Crippen LogP contribution in [0.5, 0.6) is 0 Å². The fraction of sp³-hybridized carbons (Fsp3) is 0.706. The van der Waals surface area contributed by atoms with Gasteiger partial charge in [-0.15, -0.1) is 0 Å². The minimum atomic E-state index is -0.426. The Kier molecular flexibility index (Phi) is 5.80. The predicted molar refractivity (Wildman–Crippen MR) is 91.5 cm³/mol. The highest BCUT2D eigenvalue weighted by molar-refractivity contribution is 5.75. The zero-order valence-electron chi connectivity index (χ0n) is 14.6. The van der Waals surface area contributed by atoms with Gasteiger partial charge in [0.15, 0.2) is 5.82 Å². The quantitative estimate of drug-likeness (QED) is 0.839. The van der Waals surface area contributed by atoms with E-state index < -0.39 is 5.82 Å². The molecule has 0 radical (unpaired) electrons. The zero-order chi connectivity index (χ0) is 17.8. The molecule has 2 N–H and O–H groups in total. The highest BCUT2D eigenvalue weighted by Gasteiger charge is 2.37. The number of anilines is 1. The Labute approximate surface area is 147 Å². The summed E-state index contributed by atoms with van der Waals surface area (Å²) in [4.78, 5) is 23.4. The molecule has 8 heteroatoms. The maximum Gasteiger partial charge on any atom is 0.231 e. The van der Waals surface area contributed by atoms with Crippen LogP contribution in [0.25, 0.3) is 0 Å². The van der Waals surface area contributed by atoms with Gasteiger partial charge in [-0.05, 0) is 44.2 Å². The fourth-order valence-corrected chi connectivity index (χ4v) is 4.13. The van der Waals surface area contributed by atoms with Gasteiger partial charge in [-0.2, -0.15) is 0 Å². The summed E-state index contributed by atoms with van der Waals surface area (Å²) in [6, 6.07) is 0. The molecule has 2 fully saturated rings. The van der Waals surface area contributed by atoms with E-state index in [9.17, 15) is 9.18 Å². The molecular formula is C17H26FN5O2. The number of hydrogen-bond acceptors (Lipinski definition) is 6. The van der Waals surface area contributed by atoms with Crippen molar-refractivity contribution < 1.29 is 13.9 Å². The number of methoxy groups -OCH3 is 1. The number of aromatic nitrogens is 2. The third-order valence-electron chi connectivity index (χ3n) is 5.42. The molecule has 1 amide bonds. The number of nitrogens with zero attached hydrogens (tertiary/aromatic N) is 4. The van der Waals surface area contributed by atoms with Gasteiger partial charge in [0.1, 0.15) is 0 Å². The highest BCUT2D eigenvalue weighted by Crippen LogP contribution is 2.34. The monoisotopic (exact) mass is 351 g/mol. The minimum absolute atomic E-state index is 0.107. The van der Waals surface area contributed by atoms with E-state index in [1.54, 1.807) is 7.11 Å². The second-order valence-electron chi connectivity index (χ2n) is 6.95. The maximum absolute atomic E-state index is 13.0. The van der Waals surface area contributed by atoms with E-state index in [4.69, 9.17) is 10.5 Å². The first-order chi connectivity index (χ1) is 12.1. The summed E-state index contributed by atoms with van der Waals surface area (Å²) in [6.07, 6.45) is 5.63. The number of nitrogens with two attached hydrogens (primary N) is 1. The Balaban J connectivity index is 1.57. The molecule has 3 rings (SSSR count). The minimum Gasteiger partial charge on any atom is -0.379 e. The van der Waals surface area contributed by atoms with Crippen LogP contribution in [0.1, 0.15) is 19.3 Å². The van der Waals surface area contributed by atoms with Crippen molar-refractivity contribution in [3.8, 4) is 0 Å². The SMILES string of the molecule is CO[C@@H]1CN(c2ncc(F)cn2)CCC1C1CCN(CC(N)=O)CC1. The molecule has 2 aliphatic heterocycles. The third kappa shape index (κ3) is 4.43. The maximum atomic E-state index is 13.0. The number of halogens is 1. The molecule has 138 valence electrons. The van der Waals surface area contributed by atoms with Gasteiger partial charge in [-0.25, -0.2) is 14.4 Å². The molecule has 0 aliphatic carbocycles. The molecule has 1 aromatic heterocycles. The van der Waals surface area contributed by atoms with E-state index in [1.165, 1.54) is 12.4 Å². The number of amides is 1. The topological polar surface area (TPSA) is 84.6 Å². The second-order valence-corrected chi connectivity index (χ2v) is 6.95. The Morgan fingerprint density at radius 1 is 1.28 bits per heavy atom. The van der Waals surface area contributed by atoms with E-state index in [0.29, 0.717) is 30.9 Å². The van der Waals surface area contributed by atoms with E-state index >= 15 is 0 Å². The largest absolute Gasteiger partial charge is 0.379 e. The standard InChI is InChI=1S/C17H26FN5O2/c1-25-15-10-23(17-20-8-13(18)9-21-17)7-4-14(15)12-2-5-22(6-3-12)11-16(19)24/h8-9,12,14-15H,2-7,10-11H2,1H3,(H2,19,24)/t14?,15-/m1/s1. The zero-order valence-corrected chi connectivity index (χ0v) is 14.6. The Morgan fingerprint density at radius 3 is 2.56 bits per heavy atom. The number of ether oxygens (including phenoxy) is 1. The number of hydrogen-bond donors (Lipinski definition) is 1. The van der Waals surface area contributed by atoms with Crippen LogP contribution in [-0.4, -0.2) is 66.7 Å². The van der Waals surface area contributed by atoms with Crippen molar-refractivity contribution in [3.63, 3.8) is 0 Å². The van der Waals surface area contributed by atoms with Crippen LogP contribution in [0.4, 0.5) is 10.3 Å². The summed E-state index contributed by atoms with van der Waals surface area (Å²) in [5, 5.41) is 0. The summed E-state index contributed by atoms with van der Waals surface area (Å²) < 4.78 is 18.8. The van der Waals surface area contributed by atoms with Crippen molar-refractivity contribution in [2.75, 3.05) is 44.7 Å². The normalized spacial score (nSPS) is 25.9. The number of likely N-dealkylation sites (tertiary alicyclic amines) is 1. The molecule has 1 aromatic rings. The van der Waals surface area contributed by atoms with Gasteiger partial charge in [-0.3, -0.25) is 9.69 Å². The fourth-order valence-electron chi connectivity index (χ4n) is 4.13. The van der Waals surface area contributed by atoms with Crippen LogP contribution in [0.15, 0.2) is 12.4 Å². The summed E-state index contributed by atoms with van der Waals surface area (Å²) >= 11 is 0. The number of primary amides is 1. The van der Waals surface area contributed by atoms with Crippen LogP contribution >= 0.6 is 0 Å². The molecule has 2 aliphatic rings. The van der Waals surface area contributed by atoms with Crippen molar-refractivity contribution >= 4 is 11.9 Å². The predicted octanol–water partition coefficient (Wildman–Crippen LogP) is 0.654. The molecule has 0 aromatic carbocycles. The summed E-state index contributed by atoms with van der Waals surface area (Å²) in [5.74, 6) is 0.937. The van der Waals surface area contributed by atoms with E-state index in [-0.39, 0.29) is 12.0 Å². The molecule has 0 saturated carbocycles. The summed E-state index contributed by atoms with van der Waals surface area (Å²) in [5.41, 5.74) is 5.28. The van der Waals surface area contributed by atoms with Gasteiger partial charge in [0.05, 0.1) is 25.0 Å². The van der Waals surface area contributed by atoms with Crippen LogP contribution in [0.3, 0.4) is 0 Å². The lowest BCUT2D eigenvalue weighted by Gasteiger charge is -2.43. The van der Waals surface area contributed by atoms with E-state index in [0.717, 1.165) is 38.9 Å². The lowest BCUT2D eigenvalue weighted by molar-refractivity contribution is -0.119. The van der Waals surface area contributed by atoms with E-state index in [1.807, 2.05) is 0 Å². The average Bonchev–Trinajstić information content (AvgIpc) is 2.62. The molecule has 2 saturated heterocycles. The highest BCUT2D eigenvalue weighted by atomic mass is 19.1. The van der Waals surface area contributed by atoms with Gasteiger partial charge in [-0.1, -0.05) is 0 Å². The van der Waals surface area contributed by atoms with Crippen LogP contribution in [0, 0.1) is 17.7 Å². The molecule has 1 unspecified atom stereocenters. The van der Waals surface area contributed by atoms with Gasteiger partial charge in [0.25, 0.3) is 0 Å².